The van der Waals surface area contributed by atoms with E-state index < -0.39 is 0 Å². The molecule has 47 heavy (non-hydrogen) atoms. The van der Waals surface area contributed by atoms with Crippen LogP contribution in [0.5, 0.6) is 0 Å². The summed E-state index contributed by atoms with van der Waals surface area (Å²) < 4.78 is 5.13. The van der Waals surface area contributed by atoms with Gasteiger partial charge in [0, 0.05) is 43.7 Å². The Kier molecular flexibility index (Phi) is 4.82. The van der Waals surface area contributed by atoms with E-state index in [1.54, 1.807) is 0 Å². The van der Waals surface area contributed by atoms with Crippen molar-refractivity contribution in [2.45, 2.75) is 12.3 Å². The van der Waals surface area contributed by atoms with Crippen molar-refractivity contribution in [3.05, 3.63) is 174 Å². The Morgan fingerprint density at radius 2 is 1.13 bits per heavy atom. The molecule has 0 amide bonds. The highest BCUT2D eigenvalue weighted by molar-refractivity contribution is 6.87. The van der Waals surface area contributed by atoms with Gasteiger partial charge in [0.2, 0.25) is 0 Å². The van der Waals surface area contributed by atoms with Crippen molar-refractivity contribution in [3.8, 4) is 16.8 Å². The van der Waals surface area contributed by atoms with Crippen molar-refractivity contribution in [2.75, 3.05) is 0 Å². The minimum absolute atomic E-state index is 0.00961. The largest absolute Gasteiger partial charge is 0.375 e. The van der Waals surface area contributed by atoms with E-state index in [1.165, 1.54) is 88.0 Å². The van der Waals surface area contributed by atoms with Crippen molar-refractivity contribution in [1.29, 1.82) is 0 Å². The van der Waals surface area contributed by atoms with Crippen LogP contribution in [0.2, 0.25) is 0 Å². The number of aromatic nitrogens is 2. The van der Waals surface area contributed by atoms with Gasteiger partial charge in [-0.2, -0.15) is 0 Å². The highest BCUT2D eigenvalue weighted by atomic mass is 15.0. The first-order chi connectivity index (χ1) is 23.2. The molecule has 0 bridgehead atoms. The number of rotatable bonds is 2. The second kappa shape index (κ2) is 8.93. The second-order valence-electron chi connectivity index (χ2n) is 13.4. The maximum Gasteiger partial charge on any atom is 0.328 e. The Balaban J connectivity index is 1.35. The Morgan fingerprint density at radius 1 is 0.468 bits per heavy atom. The van der Waals surface area contributed by atoms with Crippen molar-refractivity contribution >= 4 is 61.4 Å². The molecule has 2 aromatic heterocycles. The Bertz CT molecular complexity index is 2770. The second-order valence-corrected chi connectivity index (χ2v) is 13.4. The fraction of sp³-hybridized carbons (Fsp3) is 0.0455. The summed E-state index contributed by atoms with van der Waals surface area (Å²) in [6, 6.07) is 58.7. The summed E-state index contributed by atoms with van der Waals surface area (Å²) in [5, 5.41) is 5.17. The molecule has 9 aromatic rings. The molecule has 3 heteroatoms. The Morgan fingerprint density at radius 3 is 2.00 bits per heavy atom. The molecule has 0 saturated heterocycles. The maximum atomic E-state index is 2.69. The van der Waals surface area contributed by atoms with Gasteiger partial charge in [-0.1, -0.05) is 127 Å². The average molecular weight is 597 g/mol. The molecule has 0 saturated carbocycles. The zero-order valence-corrected chi connectivity index (χ0v) is 26.0. The van der Waals surface area contributed by atoms with Gasteiger partial charge in [0.05, 0.1) is 11.0 Å². The molecule has 3 heterocycles. The van der Waals surface area contributed by atoms with Crippen molar-refractivity contribution < 1.29 is 0 Å². The molecule has 1 aliphatic carbocycles. The van der Waals surface area contributed by atoms with E-state index in [4.69, 9.17) is 0 Å². The number of nitrogens with zero attached hydrogens (tertiary/aromatic N) is 2. The van der Waals surface area contributed by atoms with Crippen LogP contribution >= 0.6 is 0 Å². The topological polar surface area (TPSA) is 9.86 Å². The molecule has 0 fully saturated rings. The van der Waals surface area contributed by atoms with Crippen molar-refractivity contribution in [1.82, 2.24) is 9.05 Å². The summed E-state index contributed by atoms with van der Waals surface area (Å²) in [5.41, 5.74) is 15.7. The normalized spacial score (nSPS) is 16.2. The molecule has 0 N–H and O–H groups in total. The zero-order valence-electron chi connectivity index (χ0n) is 26.0. The first-order valence-corrected chi connectivity index (χ1v) is 16.6. The van der Waals surface area contributed by atoms with E-state index in [0.29, 0.717) is 0 Å². The molecule has 1 aliphatic heterocycles. The van der Waals surface area contributed by atoms with Crippen LogP contribution < -0.4 is 10.9 Å². The molecule has 2 nitrogen and oxygen atoms in total. The summed E-state index contributed by atoms with van der Waals surface area (Å²) in [4.78, 5) is 0. The van der Waals surface area contributed by atoms with Crippen molar-refractivity contribution in [2.24, 2.45) is 0 Å². The fourth-order valence-corrected chi connectivity index (χ4v) is 9.45. The van der Waals surface area contributed by atoms with Crippen LogP contribution in [0.4, 0.5) is 0 Å². The minimum atomic E-state index is -0.215. The van der Waals surface area contributed by atoms with Crippen LogP contribution in [0.3, 0.4) is 0 Å². The number of hydrogen-bond donors (Lipinski definition) is 0. The zero-order chi connectivity index (χ0) is 30.9. The highest BCUT2D eigenvalue weighted by Gasteiger charge is 2.50. The van der Waals surface area contributed by atoms with Crippen LogP contribution in [0.15, 0.2) is 158 Å². The third-order valence-electron chi connectivity index (χ3n) is 11.2. The predicted octanol–water partition coefficient (Wildman–Crippen LogP) is 9.19. The SMILES string of the molecule is C[C@]12c3ccccc3B(n3c4ccccc4c4ccc5c(c6ccccc6n5-c5ccccc5)c43)c3cccc(c31)-c1ccccc12. The molecule has 218 valence electrons. The van der Waals surface area contributed by atoms with E-state index >= 15 is 0 Å². The van der Waals surface area contributed by atoms with Gasteiger partial charge in [-0.25, -0.2) is 0 Å². The van der Waals surface area contributed by atoms with Crippen LogP contribution in [0.1, 0.15) is 23.6 Å². The van der Waals surface area contributed by atoms with Crippen molar-refractivity contribution in [3.63, 3.8) is 0 Å². The lowest BCUT2D eigenvalue weighted by molar-refractivity contribution is 0.718. The lowest BCUT2D eigenvalue weighted by Crippen LogP contribution is -2.58. The van der Waals surface area contributed by atoms with Gasteiger partial charge in [0.1, 0.15) is 0 Å². The average Bonchev–Trinajstić information content (AvgIpc) is 3.74. The van der Waals surface area contributed by atoms with Crippen LogP contribution in [0.25, 0.3) is 60.4 Å². The molecule has 1 atom stereocenters. The highest BCUT2D eigenvalue weighted by Crippen LogP contribution is 2.53. The Labute approximate surface area is 273 Å². The first kappa shape index (κ1) is 25.4. The van der Waals surface area contributed by atoms with Gasteiger partial charge in [0.15, 0.2) is 0 Å². The Hall–Kier alpha value is -5.80. The van der Waals surface area contributed by atoms with Gasteiger partial charge in [0.25, 0.3) is 0 Å². The fourth-order valence-electron chi connectivity index (χ4n) is 9.45. The molecule has 7 aromatic carbocycles. The molecule has 0 radical (unpaired) electrons. The van der Waals surface area contributed by atoms with Crippen LogP contribution in [-0.2, 0) is 5.41 Å². The molecular weight excluding hydrogens is 567 g/mol. The third-order valence-corrected chi connectivity index (χ3v) is 11.2. The summed E-state index contributed by atoms with van der Waals surface area (Å²) in [7, 11) is 0. The van der Waals surface area contributed by atoms with Gasteiger partial charge in [-0.15, -0.1) is 0 Å². The van der Waals surface area contributed by atoms with E-state index in [9.17, 15) is 0 Å². The van der Waals surface area contributed by atoms with E-state index in [1.807, 2.05) is 0 Å². The molecule has 0 unspecified atom stereocenters. The molecule has 2 aliphatic rings. The van der Waals surface area contributed by atoms with Gasteiger partial charge >= 0.3 is 6.85 Å². The number of fused-ring (bicyclic) bond motifs is 12. The van der Waals surface area contributed by atoms with Crippen LogP contribution in [-0.4, -0.2) is 15.9 Å². The van der Waals surface area contributed by atoms with Gasteiger partial charge in [-0.3, -0.25) is 0 Å². The number of para-hydroxylation sites is 3. The first-order valence-electron chi connectivity index (χ1n) is 16.6. The summed E-state index contributed by atoms with van der Waals surface area (Å²) in [5.74, 6) is 0. The number of benzene rings is 7. The monoisotopic (exact) mass is 596 g/mol. The van der Waals surface area contributed by atoms with E-state index in [-0.39, 0.29) is 12.3 Å². The summed E-state index contributed by atoms with van der Waals surface area (Å²) >= 11 is 0. The lowest BCUT2D eigenvalue weighted by atomic mass is 9.41. The quantitative estimate of drug-likeness (QED) is 0.176. The molecule has 11 rings (SSSR count). The van der Waals surface area contributed by atoms with E-state index in [2.05, 4.69) is 174 Å². The van der Waals surface area contributed by atoms with Gasteiger partial charge < -0.3 is 9.05 Å². The molecule has 0 spiro atoms. The lowest BCUT2D eigenvalue weighted by Gasteiger charge is -2.39. The van der Waals surface area contributed by atoms with Crippen LogP contribution in [0, 0.1) is 0 Å². The number of hydrogen-bond acceptors (Lipinski definition) is 0. The maximum absolute atomic E-state index is 2.69. The van der Waals surface area contributed by atoms with Gasteiger partial charge in [-0.05, 0) is 76.0 Å². The smallest absolute Gasteiger partial charge is 0.328 e. The summed E-state index contributed by atoms with van der Waals surface area (Å²) in [6.07, 6.45) is 0. The molecular formula is C44H29BN2. The summed E-state index contributed by atoms with van der Waals surface area (Å²) in [6.45, 7) is 2.46. The minimum Gasteiger partial charge on any atom is -0.375 e. The predicted molar refractivity (Wildman–Crippen MR) is 198 cm³/mol. The van der Waals surface area contributed by atoms with E-state index in [0.717, 1.165) is 0 Å². The third kappa shape index (κ3) is 3.03. The standard InChI is InChI=1S/C44H29BN2/c1-44-34-20-8-5-16-29(34)31-19-13-23-37(42(31)44)45(36-22-10-9-21-35(36)44)47-39-25-12-6-17-30(39)32-26-27-40-41(43(32)47)33-18-7-11-24-38(33)46(40)28-14-3-2-4-15-28/h2-27H,1H3/t44-/m0/s1.